The van der Waals surface area contributed by atoms with Crippen LogP contribution in [0.2, 0.25) is 0 Å². The van der Waals surface area contributed by atoms with Crippen molar-refractivity contribution in [2.45, 2.75) is 4.90 Å². The molecular weight excluding hydrogens is 304 g/mol. The van der Waals surface area contributed by atoms with E-state index in [0.717, 1.165) is 0 Å². The van der Waals surface area contributed by atoms with Crippen molar-refractivity contribution < 1.29 is 13.0 Å². The first-order valence-electron chi connectivity index (χ1n) is 6.32. The molecule has 7 nitrogen and oxygen atoms in total. The number of nitrogens with one attached hydrogen (secondary N) is 1. The highest BCUT2D eigenvalue weighted by atomic mass is 32.2. The van der Waals surface area contributed by atoms with Gasteiger partial charge < -0.3 is 5.73 Å². The maximum Gasteiger partial charge on any atom is 0.263 e. The van der Waals surface area contributed by atoms with Crippen LogP contribution in [0.1, 0.15) is 0 Å². The van der Waals surface area contributed by atoms with Crippen LogP contribution in [0, 0.1) is 0 Å². The molecular formula is C14H12N4O3S. The molecule has 112 valence electrons. The fourth-order valence-corrected chi connectivity index (χ4v) is 2.87. The van der Waals surface area contributed by atoms with E-state index < -0.39 is 10.0 Å². The van der Waals surface area contributed by atoms with E-state index in [1.165, 1.54) is 24.3 Å². The van der Waals surface area contributed by atoms with Crippen molar-refractivity contribution in [3.63, 3.8) is 0 Å². The molecule has 0 atom stereocenters. The first-order valence-corrected chi connectivity index (χ1v) is 7.81. The molecule has 0 spiro atoms. The number of rotatable bonds is 4. The minimum atomic E-state index is -3.80. The van der Waals surface area contributed by atoms with Gasteiger partial charge in [-0.15, -0.1) is 0 Å². The maximum absolute atomic E-state index is 12.3. The van der Waals surface area contributed by atoms with Crippen molar-refractivity contribution in [3.05, 3.63) is 54.6 Å². The number of nitrogens with zero attached hydrogens (tertiary/aromatic N) is 2. The van der Waals surface area contributed by atoms with E-state index in [-0.39, 0.29) is 10.7 Å². The summed E-state index contributed by atoms with van der Waals surface area (Å²) in [6, 6.07) is 14.9. The smallest absolute Gasteiger partial charge is 0.263 e. The van der Waals surface area contributed by atoms with Crippen molar-refractivity contribution in [2.24, 2.45) is 0 Å². The number of nitrogen functional groups attached to an aromatic ring is 1. The average molecular weight is 316 g/mol. The summed E-state index contributed by atoms with van der Waals surface area (Å²) in [4.78, 5) is 0.0729. The van der Waals surface area contributed by atoms with E-state index in [1.807, 2.05) is 18.2 Å². The van der Waals surface area contributed by atoms with Crippen LogP contribution in [0.3, 0.4) is 0 Å². The molecule has 0 bridgehead atoms. The first-order chi connectivity index (χ1) is 10.6. The van der Waals surface area contributed by atoms with Gasteiger partial charge in [-0.1, -0.05) is 30.3 Å². The summed E-state index contributed by atoms with van der Waals surface area (Å²) in [6.07, 6.45) is 0. The van der Waals surface area contributed by atoms with Gasteiger partial charge >= 0.3 is 0 Å². The molecule has 3 N–H and O–H groups in total. The standard InChI is InChI=1S/C14H12N4O3S/c15-11-6-8-12(9-7-11)22(19,20)18-14-13(16-21-17-14)10-4-2-1-3-5-10/h1-9H,15H2,(H,17,18). The van der Waals surface area contributed by atoms with Gasteiger partial charge in [0.25, 0.3) is 10.0 Å². The third-order valence-corrected chi connectivity index (χ3v) is 4.31. The molecule has 8 heteroatoms. The predicted molar refractivity (Wildman–Crippen MR) is 81.4 cm³/mol. The van der Waals surface area contributed by atoms with Gasteiger partial charge in [0.2, 0.25) is 5.82 Å². The average Bonchev–Trinajstić information content (AvgIpc) is 2.96. The van der Waals surface area contributed by atoms with Crippen LogP contribution in [-0.2, 0) is 10.0 Å². The summed E-state index contributed by atoms with van der Waals surface area (Å²) in [5.41, 5.74) is 7.04. The number of aromatic nitrogens is 2. The molecule has 0 aliphatic carbocycles. The summed E-state index contributed by atoms with van der Waals surface area (Å²) in [5.74, 6) is 0.0306. The summed E-state index contributed by atoms with van der Waals surface area (Å²) >= 11 is 0. The zero-order chi connectivity index (χ0) is 15.6. The molecule has 0 saturated heterocycles. The number of hydrogen-bond donors (Lipinski definition) is 2. The van der Waals surface area contributed by atoms with Crippen LogP contribution < -0.4 is 10.5 Å². The zero-order valence-corrected chi connectivity index (χ0v) is 12.1. The first kappa shape index (κ1) is 14.1. The number of sulfonamides is 1. The van der Waals surface area contributed by atoms with E-state index in [0.29, 0.717) is 16.9 Å². The summed E-state index contributed by atoms with van der Waals surface area (Å²) in [5, 5.41) is 7.37. The third-order valence-electron chi connectivity index (χ3n) is 2.96. The fraction of sp³-hybridized carbons (Fsp3) is 0. The van der Waals surface area contributed by atoms with Crippen LogP contribution >= 0.6 is 0 Å². The predicted octanol–water partition coefficient (Wildman–Crippen LogP) is 2.12. The second-order valence-corrected chi connectivity index (χ2v) is 6.18. The van der Waals surface area contributed by atoms with Crippen molar-refractivity contribution in [1.82, 2.24) is 10.3 Å². The highest BCUT2D eigenvalue weighted by Gasteiger charge is 2.20. The summed E-state index contributed by atoms with van der Waals surface area (Å²) in [6.45, 7) is 0. The monoisotopic (exact) mass is 316 g/mol. The van der Waals surface area contributed by atoms with Crippen LogP contribution in [0.5, 0.6) is 0 Å². The zero-order valence-electron chi connectivity index (χ0n) is 11.3. The fourth-order valence-electron chi connectivity index (χ4n) is 1.87. The molecule has 0 amide bonds. The third kappa shape index (κ3) is 2.77. The molecule has 22 heavy (non-hydrogen) atoms. The Balaban J connectivity index is 1.94. The van der Waals surface area contributed by atoms with Gasteiger partial charge in [-0.3, -0.25) is 4.72 Å². The maximum atomic E-state index is 12.3. The Labute approximate surface area is 126 Å². The van der Waals surface area contributed by atoms with E-state index in [1.54, 1.807) is 12.1 Å². The molecule has 0 fully saturated rings. The highest BCUT2D eigenvalue weighted by molar-refractivity contribution is 7.92. The van der Waals surface area contributed by atoms with Crippen molar-refractivity contribution in [2.75, 3.05) is 10.5 Å². The van der Waals surface area contributed by atoms with Gasteiger partial charge in [0.1, 0.15) is 0 Å². The Morgan fingerprint density at radius 1 is 0.955 bits per heavy atom. The second kappa shape index (κ2) is 5.49. The topological polar surface area (TPSA) is 111 Å². The lowest BCUT2D eigenvalue weighted by Gasteiger charge is -2.06. The van der Waals surface area contributed by atoms with Gasteiger partial charge in [-0.25, -0.2) is 13.0 Å². The molecule has 1 heterocycles. The van der Waals surface area contributed by atoms with Gasteiger partial charge in [0, 0.05) is 11.3 Å². The van der Waals surface area contributed by atoms with Gasteiger partial charge in [0.15, 0.2) is 5.69 Å². The lowest BCUT2D eigenvalue weighted by molar-refractivity contribution is 0.310. The molecule has 0 aliphatic heterocycles. The van der Waals surface area contributed by atoms with Crippen LogP contribution in [0.15, 0.2) is 64.1 Å². The summed E-state index contributed by atoms with van der Waals surface area (Å²) in [7, 11) is -3.80. The lowest BCUT2D eigenvalue weighted by atomic mass is 10.2. The molecule has 3 aromatic rings. The van der Waals surface area contributed by atoms with Crippen molar-refractivity contribution in [3.8, 4) is 11.3 Å². The molecule has 0 aliphatic rings. The Bertz CT molecular complexity index is 874. The van der Waals surface area contributed by atoms with E-state index in [9.17, 15) is 8.42 Å². The van der Waals surface area contributed by atoms with Crippen molar-refractivity contribution in [1.29, 1.82) is 0 Å². The Hall–Kier alpha value is -2.87. The molecule has 0 unspecified atom stereocenters. The van der Waals surface area contributed by atoms with E-state index in [4.69, 9.17) is 5.73 Å². The molecule has 1 aromatic heterocycles. The molecule has 0 radical (unpaired) electrons. The minimum absolute atomic E-state index is 0.0306. The van der Waals surface area contributed by atoms with Crippen LogP contribution in [0.4, 0.5) is 11.5 Å². The molecule has 3 rings (SSSR count). The van der Waals surface area contributed by atoms with Crippen molar-refractivity contribution >= 4 is 21.5 Å². The number of benzene rings is 2. The van der Waals surface area contributed by atoms with E-state index in [2.05, 4.69) is 19.7 Å². The Kier molecular flexibility index (Phi) is 3.51. The lowest BCUT2D eigenvalue weighted by Crippen LogP contribution is -2.13. The molecule has 0 saturated carbocycles. The van der Waals surface area contributed by atoms with Crippen LogP contribution in [0.25, 0.3) is 11.3 Å². The quantitative estimate of drug-likeness (QED) is 0.713. The minimum Gasteiger partial charge on any atom is -0.399 e. The van der Waals surface area contributed by atoms with Crippen LogP contribution in [-0.4, -0.2) is 18.7 Å². The summed E-state index contributed by atoms with van der Waals surface area (Å²) < 4.78 is 31.7. The normalized spacial score (nSPS) is 11.3. The number of nitrogens with two attached hydrogens (primary N) is 1. The SMILES string of the molecule is Nc1ccc(S(=O)(=O)Nc2nonc2-c2ccccc2)cc1. The van der Waals surface area contributed by atoms with E-state index >= 15 is 0 Å². The largest absolute Gasteiger partial charge is 0.399 e. The number of hydrogen-bond acceptors (Lipinski definition) is 6. The Morgan fingerprint density at radius 2 is 1.64 bits per heavy atom. The van der Waals surface area contributed by atoms with Gasteiger partial charge in [0.05, 0.1) is 4.90 Å². The Morgan fingerprint density at radius 3 is 2.32 bits per heavy atom. The number of anilines is 2. The highest BCUT2D eigenvalue weighted by Crippen LogP contribution is 2.26. The van der Waals surface area contributed by atoms with Gasteiger partial charge in [-0.2, -0.15) is 0 Å². The second-order valence-electron chi connectivity index (χ2n) is 4.50. The van der Waals surface area contributed by atoms with Gasteiger partial charge in [-0.05, 0) is 34.6 Å². The molecule has 2 aromatic carbocycles.